The van der Waals surface area contributed by atoms with Gasteiger partial charge in [-0.3, -0.25) is 9.59 Å². The second-order valence-electron chi connectivity index (χ2n) is 12.8. The number of alkyl halides is 4. The maximum atomic E-state index is 14.6. The van der Waals surface area contributed by atoms with Crippen LogP contribution in [0.1, 0.15) is 27.8 Å². The number of halogens is 5. The van der Waals surface area contributed by atoms with E-state index in [2.05, 4.69) is 27.5 Å². The highest BCUT2D eigenvalue weighted by Crippen LogP contribution is 2.34. The molecule has 0 spiro atoms. The van der Waals surface area contributed by atoms with Crippen molar-refractivity contribution in [2.75, 3.05) is 58.5 Å². The van der Waals surface area contributed by atoms with Crippen LogP contribution >= 0.6 is 22.6 Å². The summed E-state index contributed by atoms with van der Waals surface area (Å²) in [4.78, 5) is 34.1. The average Bonchev–Trinajstić information content (AvgIpc) is 3.18. The molecule has 8 nitrogen and oxygen atoms in total. The first-order valence-corrected chi connectivity index (χ1v) is 18.4. The molecule has 2 amide bonds. The van der Waals surface area contributed by atoms with Crippen LogP contribution in [0, 0.1) is 5.82 Å². The number of hydrogen-bond donors (Lipinski definition) is 0. The third-order valence-electron chi connectivity index (χ3n) is 9.02. The molecule has 1 saturated heterocycles. The summed E-state index contributed by atoms with van der Waals surface area (Å²) in [6.07, 6.45) is -1.60. The van der Waals surface area contributed by atoms with Gasteiger partial charge in [0.05, 0.1) is 39.1 Å². The number of likely N-dealkylation sites (N-methyl/N-ethyl adjacent to an activating group) is 1. The van der Waals surface area contributed by atoms with Crippen molar-refractivity contribution >= 4 is 46.2 Å². The fraction of sp³-hybridized carbons (Fsp3) is 0.317. The number of rotatable bonds is 15. The Kier molecular flexibility index (Phi) is 14.1. The average molecular weight is 860 g/mol. The Bertz CT molecular complexity index is 1870. The number of benzene rings is 4. The second kappa shape index (κ2) is 18.7. The topological polar surface area (TPSA) is 71.6 Å². The fourth-order valence-corrected chi connectivity index (χ4v) is 7.23. The molecule has 4 aromatic carbocycles. The molecule has 4 aromatic rings. The fourth-order valence-electron chi connectivity index (χ4n) is 5.97. The van der Waals surface area contributed by atoms with Crippen molar-refractivity contribution in [3.63, 3.8) is 0 Å². The van der Waals surface area contributed by atoms with Gasteiger partial charge in [0.2, 0.25) is 5.91 Å². The number of hydrogen-bond acceptors (Lipinski definition) is 6. The van der Waals surface area contributed by atoms with Crippen LogP contribution in [-0.4, -0.2) is 78.8 Å². The minimum Gasteiger partial charge on any atom is -0.494 e. The Balaban J connectivity index is 1.41. The van der Waals surface area contributed by atoms with Crippen LogP contribution in [0.25, 0.3) is 6.08 Å². The summed E-state index contributed by atoms with van der Waals surface area (Å²) in [5.41, 5.74) is 2.81. The van der Waals surface area contributed by atoms with E-state index in [9.17, 15) is 27.2 Å². The molecule has 1 fully saturated rings. The molecule has 1 unspecified atom stereocenters. The van der Waals surface area contributed by atoms with E-state index in [1.165, 1.54) is 53.3 Å². The maximum Gasteiger partial charge on any atom is 0.416 e. The first-order chi connectivity index (χ1) is 25.9. The molecular formula is C41H42F4IN3O5. The van der Waals surface area contributed by atoms with Crippen molar-refractivity contribution < 1.29 is 41.4 Å². The molecule has 54 heavy (non-hydrogen) atoms. The Morgan fingerprint density at radius 3 is 2.20 bits per heavy atom. The lowest BCUT2D eigenvalue weighted by Gasteiger charge is -2.40. The van der Waals surface area contributed by atoms with Crippen molar-refractivity contribution in [2.45, 2.75) is 29.3 Å². The van der Waals surface area contributed by atoms with Crippen molar-refractivity contribution in [1.82, 2.24) is 9.80 Å². The van der Waals surface area contributed by atoms with Gasteiger partial charge in [-0.1, -0.05) is 60.7 Å². The minimum absolute atomic E-state index is 0.0640. The minimum atomic E-state index is -4.49. The van der Waals surface area contributed by atoms with Crippen LogP contribution < -0.4 is 9.64 Å². The highest BCUT2D eigenvalue weighted by atomic mass is 127. The van der Waals surface area contributed by atoms with Crippen molar-refractivity contribution in [3.8, 4) is 5.75 Å². The number of ether oxygens (including phenoxy) is 3. The van der Waals surface area contributed by atoms with E-state index in [0.29, 0.717) is 24.3 Å². The summed E-state index contributed by atoms with van der Waals surface area (Å²) in [7, 11) is 3.02. The van der Waals surface area contributed by atoms with E-state index in [1.54, 1.807) is 13.1 Å². The van der Waals surface area contributed by atoms with Gasteiger partial charge < -0.3 is 28.9 Å². The van der Waals surface area contributed by atoms with Crippen LogP contribution in [0.4, 0.5) is 23.2 Å². The summed E-state index contributed by atoms with van der Waals surface area (Å²) in [5, 5.41) is 0. The number of amides is 2. The van der Waals surface area contributed by atoms with Crippen molar-refractivity contribution in [2.24, 2.45) is 0 Å². The summed E-state index contributed by atoms with van der Waals surface area (Å²) >= 11 is 2.05. The molecule has 0 N–H and O–H groups in total. The summed E-state index contributed by atoms with van der Waals surface area (Å²) in [6, 6.07) is 26.2. The standard InChI is InChI=1S/C41H42F4IN3O5/c1-47(20-23-54-29-33-12-18-37(52-2)36(42)26-33)39(51)40(46,27-31-6-4-3-5-7-31)49(28-32-10-16-35(17-11-32)48-21-24-53-25-22-48)38(50)19-13-30-8-14-34(15-9-30)41(43,44)45/h3-19,26H,20-25,27-29H2,1-2H3. The summed E-state index contributed by atoms with van der Waals surface area (Å²) in [6.45, 7) is 3.27. The molecule has 0 aromatic heterocycles. The normalized spacial score (nSPS) is 14.5. The molecule has 1 atom stereocenters. The third kappa shape index (κ3) is 10.8. The summed E-state index contributed by atoms with van der Waals surface area (Å²) in [5.74, 6) is -1.24. The van der Waals surface area contributed by atoms with E-state index in [1.807, 2.05) is 54.6 Å². The SMILES string of the molecule is COc1ccc(COCCN(C)C(=O)C(I)(Cc2ccccc2)N(Cc2ccc(N3CCOCC3)cc2)C(=O)C=Cc2ccc(C(F)(F)F)cc2)cc1F. The molecule has 1 aliphatic heterocycles. The maximum absolute atomic E-state index is 14.6. The molecule has 0 bridgehead atoms. The van der Waals surface area contributed by atoms with Gasteiger partial charge in [0, 0.05) is 51.4 Å². The Hall–Kier alpha value is -4.47. The van der Waals surface area contributed by atoms with Gasteiger partial charge in [-0.25, -0.2) is 4.39 Å². The Morgan fingerprint density at radius 2 is 1.57 bits per heavy atom. The molecule has 286 valence electrons. The van der Waals surface area contributed by atoms with Gasteiger partial charge in [0.1, 0.15) is 0 Å². The largest absolute Gasteiger partial charge is 0.494 e. The predicted octanol–water partition coefficient (Wildman–Crippen LogP) is 7.78. The Labute approximate surface area is 326 Å². The van der Waals surface area contributed by atoms with E-state index in [4.69, 9.17) is 14.2 Å². The van der Waals surface area contributed by atoms with Crippen LogP contribution in [0.15, 0.2) is 103 Å². The van der Waals surface area contributed by atoms with Crippen LogP contribution in [-0.2, 0) is 44.8 Å². The van der Waals surface area contributed by atoms with E-state index < -0.39 is 27.0 Å². The quantitative estimate of drug-likeness (QED) is 0.0304. The molecule has 1 heterocycles. The van der Waals surface area contributed by atoms with Gasteiger partial charge in [-0.05, 0) is 87.3 Å². The molecule has 0 saturated carbocycles. The number of anilines is 1. The zero-order chi connectivity index (χ0) is 38.7. The number of methoxy groups -OCH3 is 1. The smallest absolute Gasteiger partial charge is 0.416 e. The van der Waals surface area contributed by atoms with Crippen LogP contribution in [0.3, 0.4) is 0 Å². The lowest BCUT2D eigenvalue weighted by Crippen LogP contribution is -2.58. The van der Waals surface area contributed by atoms with Gasteiger partial charge in [0.25, 0.3) is 5.91 Å². The third-order valence-corrected chi connectivity index (χ3v) is 10.4. The zero-order valence-electron chi connectivity index (χ0n) is 30.0. The number of carbonyl (C=O) groups is 2. The van der Waals surface area contributed by atoms with E-state index in [-0.39, 0.29) is 44.4 Å². The Morgan fingerprint density at radius 1 is 0.907 bits per heavy atom. The monoisotopic (exact) mass is 859 g/mol. The molecule has 0 aliphatic carbocycles. The molecule has 1 aliphatic rings. The zero-order valence-corrected chi connectivity index (χ0v) is 32.2. The lowest BCUT2D eigenvalue weighted by molar-refractivity contribution is -0.144. The van der Waals surface area contributed by atoms with E-state index >= 15 is 0 Å². The van der Waals surface area contributed by atoms with Crippen molar-refractivity contribution in [1.29, 1.82) is 0 Å². The number of carbonyl (C=O) groups excluding carboxylic acids is 2. The molecule has 0 radical (unpaired) electrons. The lowest BCUT2D eigenvalue weighted by atomic mass is 10.0. The highest BCUT2D eigenvalue weighted by Gasteiger charge is 2.45. The highest BCUT2D eigenvalue weighted by molar-refractivity contribution is 14.1. The van der Waals surface area contributed by atoms with Gasteiger partial charge in [-0.15, -0.1) is 0 Å². The second-order valence-corrected chi connectivity index (χ2v) is 14.6. The van der Waals surface area contributed by atoms with Gasteiger partial charge >= 0.3 is 6.18 Å². The summed E-state index contributed by atoms with van der Waals surface area (Å²) < 4.78 is 68.6. The first-order valence-electron chi connectivity index (χ1n) is 17.3. The van der Waals surface area contributed by atoms with Crippen LogP contribution in [0.2, 0.25) is 0 Å². The van der Waals surface area contributed by atoms with E-state index in [0.717, 1.165) is 42.0 Å². The predicted molar refractivity (Wildman–Crippen MR) is 208 cm³/mol. The molecule has 13 heteroatoms. The number of morpholine rings is 1. The van der Waals surface area contributed by atoms with Gasteiger partial charge in [-0.2, -0.15) is 13.2 Å². The van der Waals surface area contributed by atoms with Crippen molar-refractivity contribution in [3.05, 3.63) is 137 Å². The van der Waals surface area contributed by atoms with Gasteiger partial charge in [0.15, 0.2) is 15.1 Å². The number of nitrogens with zero attached hydrogens (tertiary/aromatic N) is 3. The first kappa shape index (κ1) is 40.7. The molecular weight excluding hydrogens is 817 g/mol. The molecule has 5 rings (SSSR count). The van der Waals surface area contributed by atoms with Crippen LogP contribution in [0.5, 0.6) is 5.75 Å².